The number of rotatable bonds is 12. The van der Waals surface area contributed by atoms with Crippen molar-refractivity contribution >= 4 is 11.8 Å². The van der Waals surface area contributed by atoms with E-state index in [9.17, 15) is 30.0 Å². The van der Waals surface area contributed by atoms with Gasteiger partial charge in [0, 0.05) is 58.9 Å². The summed E-state index contributed by atoms with van der Waals surface area (Å²) >= 11 is 0. The molecule has 8 rings (SSSR count). The molecule has 65 heavy (non-hydrogen) atoms. The van der Waals surface area contributed by atoms with Gasteiger partial charge in [0.25, 0.3) is 0 Å². The molecule has 0 bridgehead atoms. The van der Waals surface area contributed by atoms with Crippen molar-refractivity contribution in [3.05, 3.63) is 41.7 Å². The number of pyridine rings is 1. The van der Waals surface area contributed by atoms with Gasteiger partial charge in [0.05, 0.1) is 53.7 Å². The van der Waals surface area contributed by atoms with Crippen LogP contribution in [-0.2, 0) is 52.2 Å². The second-order valence-corrected chi connectivity index (χ2v) is 20.2. The third-order valence-electron chi connectivity index (χ3n) is 17.0. The van der Waals surface area contributed by atoms with Crippen molar-refractivity contribution < 1.29 is 77.4 Å². The molecule has 3 saturated carbocycles. The molecule has 364 valence electrons. The van der Waals surface area contributed by atoms with Gasteiger partial charge in [-0.2, -0.15) is 0 Å². The van der Waals surface area contributed by atoms with Crippen molar-refractivity contribution in [1.82, 2.24) is 4.98 Å². The van der Waals surface area contributed by atoms with Crippen LogP contribution in [0.25, 0.3) is 0 Å². The number of hydrogen-bond acceptors (Lipinski definition) is 17. The molecule has 4 N–H and O–H groups in total. The van der Waals surface area contributed by atoms with Crippen LogP contribution in [0.1, 0.15) is 116 Å². The first-order chi connectivity index (χ1) is 30.8. The molecule has 0 aromatic carbocycles. The molecule has 0 amide bonds. The molecule has 17 nitrogen and oxygen atoms in total. The highest BCUT2D eigenvalue weighted by Gasteiger charge is 2.81. The molecule has 0 radical (unpaired) electrons. The number of carbonyl (C=O) groups is 2. The van der Waals surface area contributed by atoms with Gasteiger partial charge in [0.1, 0.15) is 41.2 Å². The number of ketones is 1. The molecule has 6 fully saturated rings. The van der Waals surface area contributed by atoms with Gasteiger partial charge < -0.3 is 67.8 Å². The molecule has 1 aromatic heterocycles. The molecule has 17 heteroatoms. The smallest absolute Gasteiger partial charge is 0.339 e. The summed E-state index contributed by atoms with van der Waals surface area (Å²) in [6.45, 7) is 10.6. The highest BCUT2D eigenvalue weighted by molar-refractivity contribution is 5.90. The van der Waals surface area contributed by atoms with Gasteiger partial charge in [-0.25, -0.2) is 4.79 Å². The van der Waals surface area contributed by atoms with Crippen LogP contribution in [0.3, 0.4) is 0 Å². The van der Waals surface area contributed by atoms with Crippen molar-refractivity contribution in [1.29, 1.82) is 0 Å². The number of carbonyl (C=O) groups excluding carboxylic acids is 2. The molecule has 7 aliphatic rings. The molecule has 0 spiro atoms. The van der Waals surface area contributed by atoms with E-state index in [0.717, 1.165) is 5.57 Å². The predicted molar refractivity (Wildman–Crippen MR) is 229 cm³/mol. The fraction of sp³-hybridized carbons (Fsp3) is 0.812. The number of nitrogens with zero attached hydrogens (tertiary/aromatic N) is 1. The molecule has 3 saturated heterocycles. The predicted octanol–water partition coefficient (Wildman–Crippen LogP) is 3.70. The van der Waals surface area contributed by atoms with E-state index >= 15 is 0 Å². The molecular formula is C48H71NO16. The van der Waals surface area contributed by atoms with E-state index in [0.29, 0.717) is 38.5 Å². The van der Waals surface area contributed by atoms with Crippen LogP contribution in [0.15, 0.2) is 36.2 Å². The summed E-state index contributed by atoms with van der Waals surface area (Å²) in [6, 6.07) is 3.19. The summed E-state index contributed by atoms with van der Waals surface area (Å²) < 4.78 is 62.1. The van der Waals surface area contributed by atoms with Crippen LogP contribution in [-0.4, -0.2) is 161 Å². The fourth-order valence-electron chi connectivity index (χ4n) is 13.1. The van der Waals surface area contributed by atoms with Gasteiger partial charge >= 0.3 is 5.97 Å². The molecule has 4 heterocycles. The van der Waals surface area contributed by atoms with Crippen LogP contribution >= 0.6 is 0 Å². The highest BCUT2D eigenvalue weighted by Crippen LogP contribution is 2.71. The van der Waals surface area contributed by atoms with Crippen LogP contribution < -0.4 is 0 Å². The van der Waals surface area contributed by atoms with Crippen LogP contribution in [0.4, 0.5) is 0 Å². The first-order valence-corrected chi connectivity index (χ1v) is 23.4. The Morgan fingerprint density at radius 1 is 0.785 bits per heavy atom. The largest absolute Gasteiger partial charge is 0.458 e. The Labute approximate surface area is 381 Å². The van der Waals surface area contributed by atoms with Gasteiger partial charge in [0.2, 0.25) is 0 Å². The Morgan fingerprint density at radius 2 is 1.37 bits per heavy atom. The van der Waals surface area contributed by atoms with E-state index in [1.165, 1.54) is 13.1 Å². The minimum atomic E-state index is -2.04. The number of aliphatic hydroxyl groups excluding tert-OH is 1. The molecule has 20 unspecified atom stereocenters. The third-order valence-corrected chi connectivity index (χ3v) is 17.0. The van der Waals surface area contributed by atoms with E-state index in [4.69, 9.17) is 47.4 Å². The summed E-state index contributed by atoms with van der Waals surface area (Å²) in [6.07, 6.45) is 0.578. The first-order valence-electron chi connectivity index (χ1n) is 23.4. The van der Waals surface area contributed by atoms with E-state index < -0.39 is 113 Å². The Hall–Kier alpha value is -2.49. The number of aliphatic hydroxyl groups is 4. The summed E-state index contributed by atoms with van der Waals surface area (Å²) in [4.78, 5) is 31.0. The van der Waals surface area contributed by atoms with Gasteiger partial charge in [-0.1, -0.05) is 18.6 Å². The zero-order chi connectivity index (χ0) is 46.9. The molecular weight excluding hydrogens is 847 g/mol. The zero-order valence-electron chi connectivity index (χ0n) is 39.3. The van der Waals surface area contributed by atoms with Gasteiger partial charge in [0.15, 0.2) is 24.7 Å². The second kappa shape index (κ2) is 18.4. The fourth-order valence-corrected chi connectivity index (χ4v) is 13.1. The van der Waals surface area contributed by atoms with E-state index in [1.54, 1.807) is 53.5 Å². The van der Waals surface area contributed by atoms with E-state index in [-0.39, 0.29) is 49.6 Å². The first kappa shape index (κ1) is 48.9. The molecule has 4 aliphatic carbocycles. The average molecular weight is 918 g/mol. The van der Waals surface area contributed by atoms with E-state index in [2.05, 4.69) is 11.9 Å². The van der Waals surface area contributed by atoms with Crippen molar-refractivity contribution in [3.63, 3.8) is 0 Å². The van der Waals surface area contributed by atoms with Crippen LogP contribution in [0.2, 0.25) is 0 Å². The van der Waals surface area contributed by atoms with Gasteiger partial charge in [-0.15, -0.1) is 0 Å². The number of esters is 1. The maximum atomic E-state index is 13.6. The van der Waals surface area contributed by atoms with Crippen molar-refractivity contribution in [2.24, 2.45) is 16.7 Å². The number of fused-ring (bicyclic) bond motifs is 5. The van der Waals surface area contributed by atoms with E-state index in [1.807, 2.05) is 19.9 Å². The monoisotopic (exact) mass is 917 g/mol. The van der Waals surface area contributed by atoms with Gasteiger partial charge in [-0.3, -0.25) is 9.78 Å². The lowest BCUT2D eigenvalue weighted by Crippen LogP contribution is -2.78. The third kappa shape index (κ3) is 8.15. The minimum absolute atomic E-state index is 0.0494. The van der Waals surface area contributed by atoms with Crippen LogP contribution in [0.5, 0.6) is 0 Å². The minimum Gasteiger partial charge on any atom is -0.458 e. The number of methoxy groups -OCH3 is 3. The zero-order valence-corrected chi connectivity index (χ0v) is 39.3. The van der Waals surface area contributed by atoms with Crippen molar-refractivity contribution in [2.75, 3.05) is 21.3 Å². The second-order valence-electron chi connectivity index (χ2n) is 20.2. The maximum absolute atomic E-state index is 13.6. The van der Waals surface area contributed by atoms with Crippen molar-refractivity contribution in [3.8, 4) is 0 Å². The maximum Gasteiger partial charge on any atom is 0.339 e. The topological polar surface area (TPSA) is 220 Å². The van der Waals surface area contributed by atoms with Gasteiger partial charge in [-0.05, 0) is 97.1 Å². The highest BCUT2D eigenvalue weighted by atomic mass is 16.7. The summed E-state index contributed by atoms with van der Waals surface area (Å²) in [7, 11) is 4.83. The number of Topliss-reactive ketones (excluding diaryl/α,β-unsaturated/α-hetero) is 1. The number of ether oxygens (including phenoxy) is 10. The number of hydrogen-bond donors (Lipinski definition) is 4. The average Bonchev–Trinajstić information content (AvgIpc) is 3.51. The lowest BCUT2D eigenvalue weighted by atomic mass is 9.42. The Kier molecular flexibility index (Phi) is 13.9. The SMILES string of the molecule is COC1CC(OC2C(C)OC(OC3C(C)OC(OC4CCC5(C)C(=CCC6(O)C5CC(OC(=O)c5cccnc5)C5(C)C(O)(C(C)=O)CCC65O)C4)CC3OC)CC2OC)OC(C)C1O. The summed E-state index contributed by atoms with van der Waals surface area (Å²) in [5.74, 6) is -1.82. The Bertz CT molecular complexity index is 1910. The summed E-state index contributed by atoms with van der Waals surface area (Å²) in [5.41, 5.74) is -6.82. The standard InChI is InChI=1S/C48H71NO16/c1-25-40(51)32(56-7)20-38(59-25)64-42-27(3)61-39(22-34(42)58-9)65-41-26(2)60-37(21-33(41)57-8)62-31-13-14-44(5)30(19-31)12-15-47(54)35(44)23-36(63-43(52)29-11-10-18-49-24-29)45(6)46(53,28(4)50)16-17-48(45,47)55/h10-12,18,24-27,31-42,51,53-55H,13-17,19-23H2,1-9H3. The van der Waals surface area contributed by atoms with Crippen LogP contribution in [0, 0.1) is 16.7 Å². The Balaban J connectivity index is 0.924. The van der Waals surface area contributed by atoms with Crippen molar-refractivity contribution in [2.45, 2.75) is 209 Å². The summed E-state index contributed by atoms with van der Waals surface area (Å²) in [5, 5.41) is 48.3. The Morgan fingerprint density at radius 3 is 1.94 bits per heavy atom. The molecule has 3 aliphatic heterocycles. The quantitative estimate of drug-likeness (QED) is 0.174. The molecule has 20 atom stereocenters. The lowest BCUT2D eigenvalue weighted by Gasteiger charge is -2.67. The normalized spacial score (nSPS) is 48.6. The number of aromatic nitrogens is 1. The lowest BCUT2D eigenvalue weighted by molar-refractivity contribution is -0.338. The molecule has 1 aromatic rings.